The van der Waals surface area contributed by atoms with Gasteiger partial charge in [0, 0.05) is 19.0 Å². The summed E-state index contributed by atoms with van der Waals surface area (Å²) in [5.74, 6) is -0.278. The highest BCUT2D eigenvalue weighted by molar-refractivity contribution is 7.92. The Labute approximate surface area is 292 Å². The summed E-state index contributed by atoms with van der Waals surface area (Å²) in [4.78, 5) is 30.0. The molecule has 0 saturated heterocycles. The van der Waals surface area contributed by atoms with E-state index in [1.54, 1.807) is 42.5 Å². The maximum absolute atomic E-state index is 14.7. The number of ether oxygens (including phenoxy) is 2. The first-order valence-electron chi connectivity index (χ1n) is 15.4. The lowest BCUT2D eigenvalue weighted by atomic mass is 10.0. The minimum Gasteiger partial charge on any atom is -0.497 e. The van der Waals surface area contributed by atoms with Crippen LogP contribution in [0, 0.1) is 0 Å². The third-order valence-electron chi connectivity index (χ3n) is 7.89. The minimum absolute atomic E-state index is 0.0521. The van der Waals surface area contributed by atoms with Crippen molar-refractivity contribution in [2.75, 3.05) is 25.1 Å². The molecule has 254 valence electrons. The van der Waals surface area contributed by atoms with E-state index in [-0.39, 0.29) is 46.3 Å². The second kappa shape index (κ2) is 16.7. The minimum atomic E-state index is -4.34. The molecule has 2 amide bonds. The lowest BCUT2D eigenvalue weighted by molar-refractivity contribution is -0.140. The van der Waals surface area contributed by atoms with E-state index >= 15 is 0 Å². The molecular weight excluding hydrogens is 673 g/mol. The molecule has 0 aliphatic carbocycles. The van der Waals surface area contributed by atoms with Gasteiger partial charge in [-0.15, -0.1) is 0 Å². The Morgan fingerprint density at radius 2 is 1.50 bits per heavy atom. The molecule has 0 aliphatic rings. The maximum atomic E-state index is 14.7. The first-order chi connectivity index (χ1) is 23.0. The predicted molar refractivity (Wildman–Crippen MR) is 189 cm³/mol. The Morgan fingerprint density at radius 1 is 0.833 bits per heavy atom. The third kappa shape index (κ3) is 9.00. The number of anilines is 1. The Bertz CT molecular complexity index is 1810. The van der Waals surface area contributed by atoms with Crippen LogP contribution in [0.4, 0.5) is 5.69 Å². The monoisotopic (exact) mass is 711 g/mol. The molecule has 1 N–H and O–H groups in total. The number of methoxy groups -OCH3 is 2. The summed E-state index contributed by atoms with van der Waals surface area (Å²) in [6.45, 7) is 3.14. The number of hydrogen-bond acceptors (Lipinski definition) is 6. The van der Waals surface area contributed by atoms with Crippen LogP contribution in [0.15, 0.2) is 102 Å². The fourth-order valence-electron chi connectivity index (χ4n) is 5.05. The molecule has 0 aliphatic heterocycles. The van der Waals surface area contributed by atoms with Crippen molar-refractivity contribution in [1.82, 2.24) is 10.2 Å². The van der Waals surface area contributed by atoms with Gasteiger partial charge in [0.05, 0.1) is 34.8 Å². The summed E-state index contributed by atoms with van der Waals surface area (Å²) < 4.78 is 40.4. The summed E-state index contributed by atoms with van der Waals surface area (Å²) in [6, 6.07) is 25.5. The van der Waals surface area contributed by atoms with E-state index in [9.17, 15) is 18.0 Å². The number of nitrogens with zero attached hydrogens (tertiary/aromatic N) is 2. The molecule has 0 radical (unpaired) electrons. The van der Waals surface area contributed by atoms with Crippen molar-refractivity contribution in [3.8, 4) is 11.5 Å². The van der Waals surface area contributed by atoms with E-state index in [1.165, 1.54) is 43.4 Å². The van der Waals surface area contributed by atoms with Gasteiger partial charge in [0.2, 0.25) is 11.8 Å². The van der Waals surface area contributed by atoms with Crippen LogP contribution in [0.5, 0.6) is 11.5 Å². The molecule has 4 aromatic carbocycles. The molecule has 0 aromatic heterocycles. The predicted octanol–water partition coefficient (Wildman–Crippen LogP) is 6.76. The average Bonchev–Trinajstić information content (AvgIpc) is 3.10. The van der Waals surface area contributed by atoms with Crippen LogP contribution >= 0.6 is 23.2 Å². The van der Waals surface area contributed by atoms with E-state index in [4.69, 9.17) is 32.7 Å². The third-order valence-corrected chi connectivity index (χ3v) is 10.4. The van der Waals surface area contributed by atoms with E-state index in [2.05, 4.69) is 5.32 Å². The van der Waals surface area contributed by atoms with Crippen LogP contribution in [-0.4, -0.2) is 58.0 Å². The maximum Gasteiger partial charge on any atom is 0.264 e. The Hall–Kier alpha value is -4.25. The van der Waals surface area contributed by atoms with E-state index in [1.807, 2.05) is 44.2 Å². The molecule has 4 aromatic rings. The van der Waals surface area contributed by atoms with Crippen LogP contribution < -0.4 is 19.1 Å². The van der Waals surface area contributed by atoms with E-state index < -0.39 is 28.5 Å². The quantitative estimate of drug-likeness (QED) is 0.146. The number of rotatable bonds is 15. The molecular formula is C36H39Cl2N3O6S. The highest BCUT2D eigenvalue weighted by atomic mass is 35.5. The number of halogens is 2. The highest BCUT2D eigenvalue weighted by Gasteiger charge is 2.36. The smallest absolute Gasteiger partial charge is 0.264 e. The molecule has 4 rings (SSSR count). The molecule has 0 heterocycles. The van der Waals surface area contributed by atoms with Gasteiger partial charge in [0.15, 0.2) is 0 Å². The number of hydrogen-bond donors (Lipinski definition) is 1. The van der Waals surface area contributed by atoms with Gasteiger partial charge in [-0.1, -0.05) is 78.7 Å². The SMILES string of the molecule is CCC(C)NC(=O)C(Cc1ccccc1)N(Cc1ccc(Cl)c(Cl)c1)C(=O)CN(c1ccccc1OC)S(=O)(=O)c1ccc(OC)cc1. The first-order valence-corrected chi connectivity index (χ1v) is 17.6. The number of carbonyl (C=O) groups is 2. The van der Waals surface area contributed by atoms with Crippen LogP contribution in [0.25, 0.3) is 0 Å². The zero-order chi connectivity index (χ0) is 34.8. The van der Waals surface area contributed by atoms with E-state index in [0.717, 1.165) is 9.87 Å². The normalized spacial score (nSPS) is 12.5. The van der Waals surface area contributed by atoms with Gasteiger partial charge < -0.3 is 19.7 Å². The number of amides is 2. The first kappa shape index (κ1) is 36.6. The van der Waals surface area contributed by atoms with Crippen molar-refractivity contribution in [2.24, 2.45) is 0 Å². The van der Waals surface area contributed by atoms with Crippen molar-refractivity contribution >= 4 is 50.7 Å². The zero-order valence-electron chi connectivity index (χ0n) is 27.2. The molecule has 0 saturated carbocycles. The number of sulfonamides is 1. The molecule has 2 atom stereocenters. The largest absolute Gasteiger partial charge is 0.497 e. The van der Waals surface area contributed by atoms with Gasteiger partial charge in [-0.2, -0.15) is 0 Å². The number of carbonyl (C=O) groups excluding carboxylic acids is 2. The van der Waals surface area contributed by atoms with Gasteiger partial charge in [-0.25, -0.2) is 8.42 Å². The number of para-hydroxylation sites is 2. The van der Waals surface area contributed by atoms with Gasteiger partial charge in [-0.3, -0.25) is 13.9 Å². The number of benzene rings is 4. The molecule has 9 nitrogen and oxygen atoms in total. The molecule has 12 heteroatoms. The van der Waals surface area contributed by atoms with Crippen molar-refractivity contribution in [3.05, 3.63) is 118 Å². The average molecular weight is 713 g/mol. The lowest BCUT2D eigenvalue weighted by Gasteiger charge is -2.34. The van der Waals surface area contributed by atoms with Gasteiger partial charge >= 0.3 is 0 Å². The Kier molecular flexibility index (Phi) is 12.7. The second-order valence-corrected chi connectivity index (χ2v) is 13.8. The Balaban J connectivity index is 1.85. The molecule has 2 unspecified atom stereocenters. The second-order valence-electron chi connectivity index (χ2n) is 11.2. The number of nitrogens with one attached hydrogen (secondary N) is 1. The fourth-order valence-corrected chi connectivity index (χ4v) is 6.80. The van der Waals surface area contributed by atoms with Crippen molar-refractivity contribution < 1.29 is 27.5 Å². The van der Waals surface area contributed by atoms with Crippen LogP contribution in [-0.2, 0) is 32.6 Å². The summed E-state index contributed by atoms with van der Waals surface area (Å²) in [7, 11) is -1.44. The topological polar surface area (TPSA) is 105 Å². The van der Waals surface area contributed by atoms with Crippen molar-refractivity contribution in [3.63, 3.8) is 0 Å². The molecule has 0 spiro atoms. The summed E-state index contributed by atoms with van der Waals surface area (Å²) in [5, 5.41) is 3.63. The van der Waals surface area contributed by atoms with Gasteiger partial charge in [-0.05, 0) is 73.0 Å². The van der Waals surface area contributed by atoms with Crippen molar-refractivity contribution in [1.29, 1.82) is 0 Å². The standard InChI is InChI=1S/C36H39Cl2N3O6S/c1-5-25(2)39-36(43)33(22-26-11-7-6-8-12-26)40(23-27-15-20-30(37)31(38)21-27)35(42)24-41(32-13-9-10-14-34(32)47-4)48(44,45)29-18-16-28(46-3)17-19-29/h6-21,25,33H,5,22-24H2,1-4H3,(H,39,43). The molecule has 0 fully saturated rings. The summed E-state index contributed by atoms with van der Waals surface area (Å²) in [5.41, 5.74) is 1.58. The Morgan fingerprint density at radius 3 is 2.12 bits per heavy atom. The highest BCUT2D eigenvalue weighted by Crippen LogP contribution is 2.33. The fraction of sp³-hybridized carbons (Fsp3) is 0.278. The summed E-state index contributed by atoms with van der Waals surface area (Å²) in [6.07, 6.45) is 0.849. The molecule has 0 bridgehead atoms. The molecule has 48 heavy (non-hydrogen) atoms. The van der Waals surface area contributed by atoms with Crippen LogP contribution in [0.3, 0.4) is 0 Å². The van der Waals surface area contributed by atoms with Gasteiger partial charge in [0.25, 0.3) is 10.0 Å². The summed E-state index contributed by atoms with van der Waals surface area (Å²) >= 11 is 12.6. The van der Waals surface area contributed by atoms with Crippen LogP contribution in [0.1, 0.15) is 31.4 Å². The zero-order valence-corrected chi connectivity index (χ0v) is 29.6. The van der Waals surface area contributed by atoms with E-state index in [0.29, 0.717) is 22.8 Å². The van der Waals surface area contributed by atoms with Crippen LogP contribution in [0.2, 0.25) is 10.0 Å². The lowest BCUT2D eigenvalue weighted by Crippen LogP contribution is -2.54. The van der Waals surface area contributed by atoms with Crippen molar-refractivity contribution in [2.45, 2.75) is 50.2 Å². The van der Waals surface area contributed by atoms with Gasteiger partial charge in [0.1, 0.15) is 24.1 Å².